The number of carbonyl (C=O) groups is 1. The van der Waals surface area contributed by atoms with Crippen LogP contribution in [0.15, 0.2) is 28.1 Å². The zero-order chi connectivity index (χ0) is 19.1. The van der Waals surface area contributed by atoms with Crippen molar-refractivity contribution in [2.24, 2.45) is 0 Å². The third-order valence-corrected chi connectivity index (χ3v) is 6.37. The van der Waals surface area contributed by atoms with Crippen LogP contribution in [0.1, 0.15) is 32.1 Å². The number of aryl methyl sites for hydroxylation is 2. The molecule has 0 bridgehead atoms. The number of carbonyl (C=O) groups excluding carboxylic acids is 1. The first-order valence-corrected chi connectivity index (χ1v) is 9.81. The van der Waals surface area contributed by atoms with Crippen molar-refractivity contribution in [2.45, 2.75) is 20.8 Å². The molecular weight excluding hydrogens is 380 g/mol. The SMILES string of the molecule is Cc1sc(NC(=O)c2cc(-c3cccs3)nc3onc(C)c23)c(C#N)c1C. The summed E-state index contributed by atoms with van der Waals surface area (Å²) in [5.74, 6) is -0.316. The largest absolute Gasteiger partial charge is 0.335 e. The van der Waals surface area contributed by atoms with E-state index in [0.29, 0.717) is 38.6 Å². The van der Waals surface area contributed by atoms with Gasteiger partial charge in [0.05, 0.1) is 32.8 Å². The van der Waals surface area contributed by atoms with E-state index in [2.05, 4.69) is 21.5 Å². The number of rotatable bonds is 3. The Labute approximate surface area is 163 Å². The van der Waals surface area contributed by atoms with Gasteiger partial charge in [-0.05, 0) is 43.8 Å². The Bertz CT molecular complexity index is 1210. The predicted octanol–water partition coefficient (Wildman–Crippen LogP) is 5.06. The molecule has 4 heterocycles. The van der Waals surface area contributed by atoms with Crippen LogP contribution in [-0.2, 0) is 0 Å². The number of fused-ring (bicyclic) bond motifs is 1. The van der Waals surface area contributed by atoms with Crippen molar-refractivity contribution in [3.05, 3.63) is 50.8 Å². The first kappa shape index (κ1) is 17.4. The predicted molar refractivity (Wildman–Crippen MR) is 106 cm³/mol. The van der Waals surface area contributed by atoms with E-state index in [4.69, 9.17) is 4.52 Å². The van der Waals surface area contributed by atoms with Gasteiger partial charge in [-0.1, -0.05) is 11.2 Å². The third kappa shape index (κ3) is 2.91. The molecule has 0 aromatic carbocycles. The van der Waals surface area contributed by atoms with Gasteiger partial charge in [-0.15, -0.1) is 22.7 Å². The van der Waals surface area contributed by atoms with E-state index in [0.717, 1.165) is 15.3 Å². The van der Waals surface area contributed by atoms with E-state index in [1.165, 1.54) is 22.7 Å². The summed E-state index contributed by atoms with van der Waals surface area (Å²) in [6.07, 6.45) is 0. The second kappa shape index (κ2) is 6.61. The van der Waals surface area contributed by atoms with Gasteiger partial charge in [-0.25, -0.2) is 4.98 Å². The van der Waals surface area contributed by atoms with Crippen LogP contribution >= 0.6 is 22.7 Å². The molecular formula is C19H14N4O2S2. The maximum atomic E-state index is 13.1. The Morgan fingerprint density at radius 3 is 2.85 bits per heavy atom. The molecule has 27 heavy (non-hydrogen) atoms. The topological polar surface area (TPSA) is 91.8 Å². The number of aromatic nitrogens is 2. The number of nitriles is 1. The van der Waals surface area contributed by atoms with Crippen LogP contribution in [0, 0.1) is 32.1 Å². The molecule has 0 atom stereocenters. The van der Waals surface area contributed by atoms with Gasteiger partial charge in [-0.3, -0.25) is 4.79 Å². The van der Waals surface area contributed by atoms with Gasteiger partial charge in [-0.2, -0.15) is 5.26 Å². The van der Waals surface area contributed by atoms with E-state index >= 15 is 0 Å². The zero-order valence-electron chi connectivity index (χ0n) is 14.8. The van der Waals surface area contributed by atoms with Gasteiger partial charge in [0, 0.05) is 4.88 Å². The molecule has 0 unspecified atom stereocenters. The lowest BCUT2D eigenvalue weighted by molar-refractivity contribution is 0.102. The maximum Gasteiger partial charge on any atom is 0.259 e. The Balaban J connectivity index is 1.83. The monoisotopic (exact) mass is 394 g/mol. The number of hydrogen-bond acceptors (Lipinski definition) is 7. The number of nitrogens with one attached hydrogen (secondary N) is 1. The zero-order valence-corrected chi connectivity index (χ0v) is 16.4. The van der Waals surface area contributed by atoms with Gasteiger partial charge in [0.1, 0.15) is 11.1 Å². The molecule has 8 heteroatoms. The summed E-state index contributed by atoms with van der Waals surface area (Å²) < 4.78 is 5.31. The molecule has 4 aromatic heterocycles. The summed E-state index contributed by atoms with van der Waals surface area (Å²) in [5, 5.41) is 19.3. The fourth-order valence-electron chi connectivity index (χ4n) is 2.84. The smallest absolute Gasteiger partial charge is 0.259 e. The average Bonchev–Trinajstić information content (AvgIpc) is 3.36. The lowest BCUT2D eigenvalue weighted by Crippen LogP contribution is -2.13. The second-order valence-corrected chi connectivity index (χ2v) is 8.21. The molecule has 0 aliphatic carbocycles. The third-order valence-electron chi connectivity index (χ3n) is 4.36. The van der Waals surface area contributed by atoms with Crippen molar-refractivity contribution in [1.29, 1.82) is 5.26 Å². The van der Waals surface area contributed by atoms with E-state index in [1.54, 1.807) is 13.0 Å². The van der Waals surface area contributed by atoms with Crippen LogP contribution in [0.5, 0.6) is 0 Å². The lowest BCUT2D eigenvalue weighted by atomic mass is 10.1. The molecule has 0 aliphatic rings. The molecule has 6 nitrogen and oxygen atoms in total. The lowest BCUT2D eigenvalue weighted by Gasteiger charge is -2.07. The molecule has 0 saturated heterocycles. The highest BCUT2D eigenvalue weighted by atomic mass is 32.1. The minimum Gasteiger partial charge on any atom is -0.335 e. The number of pyridine rings is 1. The molecule has 0 saturated carbocycles. The van der Waals surface area contributed by atoms with Crippen molar-refractivity contribution < 1.29 is 9.32 Å². The first-order valence-electron chi connectivity index (χ1n) is 8.12. The molecule has 1 amide bonds. The molecule has 134 valence electrons. The highest BCUT2D eigenvalue weighted by Crippen LogP contribution is 2.34. The summed E-state index contributed by atoms with van der Waals surface area (Å²) in [4.78, 5) is 19.5. The van der Waals surface area contributed by atoms with E-state index < -0.39 is 0 Å². The molecule has 4 rings (SSSR count). The number of hydrogen-bond donors (Lipinski definition) is 1. The van der Waals surface area contributed by atoms with Crippen LogP contribution in [0.2, 0.25) is 0 Å². The van der Waals surface area contributed by atoms with Crippen LogP contribution in [0.3, 0.4) is 0 Å². The standard InChI is InChI=1S/C19H14N4O2S2/c1-9-11(3)27-19(13(9)8-20)22-17(24)12-7-14(15-5-4-6-26-15)21-18-16(12)10(2)23-25-18/h4-7H,1-3H3,(H,22,24). The summed E-state index contributed by atoms with van der Waals surface area (Å²) in [6, 6.07) is 7.77. The highest BCUT2D eigenvalue weighted by molar-refractivity contribution is 7.16. The molecule has 1 N–H and O–H groups in total. The van der Waals surface area contributed by atoms with Crippen LogP contribution < -0.4 is 5.32 Å². The van der Waals surface area contributed by atoms with Crippen molar-refractivity contribution in [3.8, 4) is 16.6 Å². The van der Waals surface area contributed by atoms with E-state index in [9.17, 15) is 10.1 Å². The number of nitrogens with zero attached hydrogens (tertiary/aromatic N) is 3. The van der Waals surface area contributed by atoms with Gasteiger partial charge in [0.2, 0.25) is 0 Å². The van der Waals surface area contributed by atoms with Gasteiger partial charge in [0.25, 0.3) is 11.6 Å². The molecule has 0 aliphatic heterocycles. The van der Waals surface area contributed by atoms with Gasteiger partial charge < -0.3 is 9.84 Å². The van der Waals surface area contributed by atoms with Gasteiger partial charge >= 0.3 is 0 Å². The van der Waals surface area contributed by atoms with Crippen molar-refractivity contribution in [3.63, 3.8) is 0 Å². The minimum atomic E-state index is -0.316. The Morgan fingerprint density at radius 1 is 1.33 bits per heavy atom. The summed E-state index contributed by atoms with van der Waals surface area (Å²) in [7, 11) is 0. The first-order chi connectivity index (χ1) is 13.0. The Hall–Kier alpha value is -3.02. The van der Waals surface area contributed by atoms with Gasteiger partial charge in [0.15, 0.2) is 0 Å². The second-order valence-electron chi connectivity index (χ2n) is 6.03. The normalized spacial score (nSPS) is 10.9. The van der Waals surface area contributed by atoms with E-state index in [-0.39, 0.29) is 5.91 Å². The molecule has 0 radical (unpaired) electrons. The van der Waals surface area contributed by atoms with Crippen LogP contribution in [0.4, 0.5) is 5.00 Å². The summed E-state index contributed by atoms with van der Waals surface area (Å²) >= 11 is 2.92. The Kier molecular flexibility index (Phi) is 4.26. The number of amides is 1. The summed E-state index contributed by atoms with van der Waals surface area (Å²) in [5.41, 5.74) is 3.38. The van der Waals surface area contributed by atoms with Crippen LogP contribution in [-0.4, -0.2) is 16.0 Å². The Morgan fingerprint density at radius 2 is 2.15 bits per heavy atom. The number of anilines is 1. The minimum absolute atomic E-state index is 0.316. The molecule has 4 aromatic rings. The highest BCUT2D eigenvalue weighted by Gasteiger charge is 2.22. The van der Waals surface area contributed by atoms with Crippen molar-refractivity contribution >= 4 is 44.7 Å². The maximum absolute atomic E-state index is 13.1. The number of thiophene rings is 2. The van der Waals surface area contributed by atoms with Crippen molar-refractivity contribution in [2.75, 3.05) is 5.32 Å². The fraction of sp³-hybridized carbons (Fsp3) is 0.158. The molecule has 0 spiro atoms. The van der Waals surface area contributed by atoms with E-state index in [1.807, 2.05) is 31.4 Å². The van der Waals surface area contributed by atoms with Crippen molar-refractivity contribution in [1.82, 2.24) is 10.1 Å². The fourth-order valence-corrected chi connectivity index (χ4v) is 4.54. The molecule has 0 fully saturated rings. The summed E-state index contributed by atoms with van der Waals surface area (Å²) in [6.45, 7) is 5.58. The average molecular weight is 394 g/mol. The van der Waals surface area contributed by atoms with Crippen LogP contribution in [0.25, 0.3) is 21.7 Å². The quantitative estimate of drug-likeness (QED) is 0.524.